The van der Waals surface area contributed by atoms with Gasteiger partial charge in [-0.05, 0) is 18.1 Å². The van der Waals surface area contributed by atoms with E-state index in [1.165, 1.54) is 10.4 Å². The van der Waals surface area contributed by atoms with Crippen LogP contribution in [0, 0.1) is 6.92 Å². The number of nitrogens with zero attached hydrogens (tertiary/aromatic N) is 2. The Morgan fingerprint density at radius 2 is 2.31 bits per heavy atom. The molecule has 2 heterocycles. The zero-order chi connectivity index (χ0) is 11.0. The maximum Gasteiger partial charge on any atom is 0.249 e. The van der Waals surface area contributed by atoms with Gasteiger partial charge in [0, 0.05) is 5.38 Å². The Kier molecular flexibility index (Phi) is 2.26. The number of imidazole rings is 1. The van der Waals surface area contributed by atoms with Crippen molar-refractivity contribution in [1.29, 1.82) is 0 Å². The van der Waals surface area contributed by atoms with Gasteiger partial charge in [-0.15, -0.1) is 0 Å². The van der Waals surface area contributed by atoms with Crippen LogP contribution < -0.4 is 4.40 Å². The van der Waals surface area contributed by atoms with Crippen molar-refractivity contribution in [2.45, 2.75) is 6.54 Å². The van der Waals surface area contributed by atoms with Gasteiger partial charge in [0.1, 0.15) is 18.9 Å². The van der Waals surface area contributed by atoms with Gasteiger partial charge in [0.25, 0.3) is 0 Å². The van der Waals surface area contributed by atoms with Crippen LogP contribution in [0.2, 0.25) is 0 Å². The molecule has 3 aromatic rings. The van der Waals surface area contributed by atoms with Gasteiger partial charge in [-0.3, -0.25) is 0 Å². The van der Waals surface area contributed by atoms with E-state index >= 15 is 0 Å². The molecule has 0 atom stereocenters. The van der Waals surface area contributed by atoms with Gasteiger partial charge in [-0.25, -0.2) is 4.57 Å². The van der Waals surface area contributed by atoms with E-state index in [2.05, 4.69) is 58.2 Å². The average Bonchev–Trinajstić information content (AvgIpc) is 2.77. The molecule has 3 heteroatoms. The van der Waals surface area contributed by atoms with E-state index in [4.69, 9.17) is 0 Å². The van der Waals surface area contributed by atoms with Crippen molar-refractivity contribution in [3.05, 3.63) is 66.4 Å². The maximum atomic E-state index is 3.94. The zero-order valence-corrected chi connectivity index (χ0v) is 9.65. The highest BCUT2D eigenvalue weighted by molar-refractivity contribution is 7.14. The minimum atomic E-state index is 0.901. The lowest BCUT2D eigenvalue weighted by Crippen LogP contribution is -2.13. The fourth-order valence-electron chi connectivity index (χ4n) is 1.85. The van der Waals surface area contributed by atoms with Crippen LogP contribution in [0.3, 0.4) is 0 Å². The van der Waals surface area contributed by atoms with E-state index in [1.807, 2.05) is 6.07 Å². The van der Waals surface area contributed by atoms with E-state index in [9.17, 15) is 0 Å². The molecule has 0 bridgehead atoms. The third-order valence-corrected chi connectivity index (χ3v) is 3.39. The number of hydrogen-bond donors (Lipinski definition) is 0. The maximum absolute atomic E-state index is 3.94. The summed E-state index contributed by atoms with van der Waals surface area (Å²) in [4.78, 5) is 1.27. The normalized spacial score (nSPS) is 11.1. The Morgan fingerprint density at radius 3 is 3.12 bits per heavy atom. The summed E-state index contributed by atoms with van der Waals surface area (Å²) < 4.78 is 4.33. The first-order valence-corrected chi connectivity index (χ1v) is 6.04. The lowest BCUT2D eigenvalue weighted by atomic mass is 10.1. The fraction of sp³-hybridized carbons (Fsp3) is 0.0769. The fourth-order valence-corrected chi connectivity index (χ4v) is 2.61. The van der Waals surface area contributed by atoms with Crippen LogP contribution in [-0.4, -0.2) is 4.57 Å². The number of aromatic nitrogens is 2. The summed E-state index contributed by atoms with van der Waals surface area (Å²) in [5.74, 6) is 0. The van der Waals surface area contributed by atoms with E-state index < -0.39 is 0 Å². The molecule has 1 radical (unpaired) electrons. The summed E-state index contributed by atoms with van der Waals surface area (Å²) in [5, 5.41) is 2.09. The van der Waals surface area contributed by atoms with Crippen molar-refractivity contribution in [1.82, 2.24) is 4.57 Å². The number of rotatable bonds is 2. The molecule has 0 aliphatic heterocycles. The molecule has 0 N–H and O–H groups in total. The highest BCUT2D eigenvalue weighted by atomic mass is 32.1. The summed E-state index contributed by atoms with van der Waals surface area (Å²) in [7, 11) is 0. The van der Waals surface area contributed by atoms with Crippen LogP contribution in [0.15, 0.2) is 48.4 Å². The van der Waals surface area contributed by atoms with Crippen LogP contribution in [0.4, 0.5) is 0 Å². The monoisotopic (exact) mass is 228 g/mol. The minimum Gasteiger partial charge on any atom is -0.231 e. The van der Waals surface area contributed by atoms with Gasteiger partial charge >= 0.3 is 0 Å². The van der Waals surface area contributed by atoms with E-state index in [0.29, 0.717) is 0 Å². The Labute approximate surface area is 98.4 Å². The molecule has 2 nitrogen and oxygen atoms in total. The van der Waals surface area contributed by atoms with E-state index in [1.54, 1.807) is 11.3 Å². The summed E-state index contributed by atoms with van der Waals surface area (Å²) in [5.41, 5.74) is 2.36. The van der Waals surface area contributed by atoms with E-state index in [0.717, 1.165) is 12.1 Å². The van der Waals surface area contributed by atoms with Crippen LogP contribution in [0.25, 0.3) is 4.83 Å². The topological polar surface area (TPSA) is 9.03 Å². The molecule has 0 unspecified atom stereocenters. The molecule has 0 fully saturated rings. The lowest BCUT2D eigenvalue weighted by Gasteiger charge is -1.98. The predicted octanol–water partition coefficient (Wildman–Crippen LogP) is 2.52. The number of hydrogen-bond acceptors (Lipinski definition) is 1. The van der Waals surface area contributed by atoms with Crippen molar-refractivity contribution >= 4 is 16.2 Å². The van der Waals surface area contributed by atoms with Gasteiger partial charge in [0.05, 0.1) is 0 Å². The first-order chi connectivity index (χ1) is 7.81. The standard InChI is InChI=1S/C13H12N2S/c1-11-3-2-4-12(7-11)8-14-9-13-15(10-14)5-6-16-13/h2-7,9-10H,1,8H2/q+1. The third kappa shape index (κ3) is 1.74. The smallest absolute Gasteiger partial charge is 0.231 e. The first-order valence-electron chi connectivity index (χ1n) is 5.16. The van der Waals surface area contributed by atoms with Crippen molar-refractivity contribution in [2.75, 3.05) is 0 Å². The molecule has 0 aliphatic carbocycles. The van der Waals surface area contributed by atoms with Crippen molar-refractivity contribution in [3.8, 4) is 0 Å². The zero-order valence-electron chi connectivity index (χ0n) is 8.84. The molecule has 2 aromatic heterocycles. The van der Waals surface area contributed by atoms with Gasteiger partial charge in [-0.2, -0.15) is 4.40 Å². The molecule has 0 aliphatic rings. The lowest BCUT2D eigenvalue weighted by molar-refractivity contribution is -0.507. The summed E-state index contributed by atoms with van der Waals surface area (Å²) in [6.07, 6.45) is 6.36. The molecule has 1 aromatic carbocycles. The Morgan fingerprint density at radius 1 is 1.38 bits per heavy atom. The van der Waals surface area contributed by atoms with Crippen LogP contribution in [0.1, 0.15) is 11.1 Å². The second kappa shape index (κ2) is 3.76. The molecule has 0 saturated carbocycles. The molecule has 79 valence electrons. The quantitative estimate of drug-likeness (QED) is 0.596. The van der Waals surface area contributed by atoms with Crippen LogP contribution >= 0.6 is 11.3 Å². The van der Waals surface area contributed by atoms with Gasteiger partial charge in [-0.1, -0.05) is 35.6 Å². The van der Waals surface area contributed by atoms with Gasteiger partial charge in [0.15, 0.2) is 0 Å². The Hall–Kier alpha value is -1.61. The highest BCUT2D eigenvalue weighted by Crippen LogP contribution is 2.09. The van der Waals surface area contributed by atoms with Gasteiger partial charge < -0.3 is 0 Å². The predicted molar refractivity (Wildman–Crippen MR) is 65.5 cm³/mol. The summed E-state index contributed by atoms with van der Waals surface area (Å²) in [6.45, 7) is 4.84. The molecule has 0 spiro atoms. The van der Waals surface area contributed by atoms with E-state index in [-0.39, 0.29) is 0 Å². The summed E-state index contributed by atoms with van der Waals surface area (Å²) in [6, 6.07) is 8.33. The van der Waals surface area contributed by atoms with Crippen LogP contribution in [0.5, 0.6) is 0 Å². The highest BCUT2D eigenvalue weighted by Gasteiger charge is 2.07. The van der Waals surface area contributed by atoms with Gasteiger partial charge in [0.2, 0.25) is 11.2 Å². The van der Waals surface area contributed by atoms with Crippen molar-refractivity contribution in [2.24, 2.45) is 0 Å². The minimum absolute atomic E-state index is 0.901. The molecule has 0 amide bonds. The number of benzene rings is 1. The molecule has 16 heavy (non-hydrogen) atoms. The second-order valence-corrected chi connectivity index (χ2v) is 4.81. The number of thiazole rings is 1. The summed E-state index contributed by atoms with van der Waals surface area (Å²) >= 11 is 1.75. The molecule has 0 saturated heterocycles. The second-order valence-electron chi connectivity index (χ2n) is 3.89. The Balaban J connectivity index is 1.92. The largest absolute Gasteiger partial charge is 0.249 e. The number of fused-ring (bicyclic) bond motifs is 1. The molecular formula is C13H12N2S+. The molecule has 3 rings (SSSR count). The van der Waals surface area contributed by atoms with Crippen molar-refractivity contribution in [3.63, 3.8) is 0 Å². The SMILES string of the molecule is [CH2]c1cccc(Cn2cc3scc[n+]3c2)c1. The van der Waals surface area contributed by atoms with Crippen molar-refractivity contribution < 1.29 is 4.40 Å². The molecular weight excluding hydrogens is 216 g/mol. The first kappa shape index (κ1) is 9.60. The average molecular weight is 228 g/mol. The van der Waals surface area contributed by atoms with Crippen LogP contribution in [-0.2, 0) is 6.54 Å². The third-order valence-electron chi connectivity index (χ3n) is 2.57. The Bertz CT molecular complexity index is 593.